The summed E-state index contributed by atoms with van der Waals surface area (Å²) in [6, 6.07) is 7.22. The molecular formula is C18H16ClF2NO2. The first-order chi connectivity index (χ1) is 11.4. The summed E-state index contributed by atoms with van der Waals surface area (Å²) in [4.78, 5) is 16.5. The molecule has 24 heavy (non-hydrogen) atoms. The van der Waals surface area contributed by atoms with Crippen molar-refractivity contribution >= 4 is 17.4 Å². The van der Waals surface area contributed by atoms with Crippen molar-refractivity contribution in [1.82, 2.24) is 4.98 Å². The Morgan fingerprint density at radius 2 is 2.21 bits per heavy atom. The van der Waals surface area contributed by atoms with Crippen molar-refractivity contribution in [2.24, 2.45) is 0 Å². The van der Waals surface area contributed by atoms with Crippen molar-refractivity contribution in [2.45, 2.75) is 37.5 Å². The first-order valence-corrected chi connectivity index (χ1v) is 8.09. The van der Waals surface area contributed by atoms with E-state index in [1.165, 1.54) is 36.5 Å². The number of hydrogen-bond acceptors (Lipinski definition) is 3. The summed E-state index contributed by atoms with van der Waals surface area (Å²) in [7, 11) is 0. The summed E-state index contributed by atoms with van der Waals surface area (Å²) < 4.78 is 29.2. The zero-order valence-electron chi connectivity index (χ0n) is 12.8. The molecule has 0 amide bonds. The number of benzene rings is 1. The average molecular weight is 352 g/mol. The molecule has 0 bridgehead atoms. The Hall–Kier alpha value is -1.85. The van der Waals surface area contributed by atoms with E-state index in [0.717, 1.165) is 0 Å². The van der Waals surface area contributed by atoms with Gasteiger partial charge in [0, 0.05) is 23.2 Å². The van der Waals surface area contributed by atoms with Crippen LogP contribution in [0.3, 0.4) is 0 Å². The third-order valence-corrected chi connectivity index (χ3v) is 4.66. The van der Waals surface area contributed by atoms with Crippen molar-refractivity contribution < 1.29 is 18.7 Å². The molecule has 0 saturated carbocycles. The van der Waals surface area contributed by atoms with Gasteiger partial charge in [-0.05, 0) is 43.0 Å². The molecule has 1 N–H and O–H groups in total. The largest absolute Gasteiger partial charge is 0.387 e. The van der Waals surface area contributed by atoms with Gasteiger partial charge in [0.15, 0.2) is 11.5 Å². The summed E-state index contributed by atoms with van der Waals surface area (Å²) in [6.45, 7) is 0. The maximum atomic E-state index is 15.4. The topological polar surface area (TPSA) is 50.2 Å². The number of aliphatic hydroxyl groups is 1. The van der Waals surface area contributed by atoms with Gasteiger partial charge in [-0.25, -0.2) is 8.78 Å². The molecule has 0 aliphatic heterocycles. The van der Waals surface area contributed by atoms with E-state index in [0.29, 0.717) is 5.56 Å². The number of carbonyl (C=O) groups is 1. The molecular weight excluding hydrogens is 336 g/mol. The van der Waals surface area contributed by atoms with E-state index in [2.05, 4.69) is 4.98 Å². The molecule has 6 heteroatoms. The van der Waals surface area contributed by atoms with Crippen LogP contribution < -0.4 is 0 Å². The van der Waals surface area contributed by atoms with Crippen LogP contribution in [0.5, 0.6) is 0 Å². The predicted octanol–water partition coefficient (Wildman–Crippen LogP) is 4.07. The highest BCUT2D eigenvalue weighted by atomic mass is 35.5. The Morgan fingerprint density at radius 3 is 2.96 bits per heavy atom. The fourth-order valence-electron chi connectivity index (χ4n) is 3.09. The first-order valence-electron chi connectivity index (χ1n) is 7.71. The number of rotatable bonds is 4. The number of Topliss-reactive ketones (excluding diaryl/α,β-unsaturated/α-hetero) is 1. The molecule has 0 radical (unpaired) electrons. The summed E-state index contributed by atoms with van der Waals surface area (Å²) in [5.74, 6) is -1.14. The Kier molecular flexibility index (Phi) is 4.65. The summed E-state index contributed by atoms with van der Waals surface area (Å²) in [6.07, 6.45) is 0.564. The number of carbonyl (C=O) groups excluding carboxylic acids is 1. The number of alkyl halides is 1. The normalized spacial score (nSPS) is 22.9. The van der Waals surface area contributed by atoms with Gasteiger partial charge in [-0.15, -0.1) is 0 Å². The third kappa shape index (κ3) is 3.06. The van der Waals surface area contributed by atoms with Crippen LogP contribution in [0.25, 0.3) is 0 Å². The van der Waals surface area contributed by atoms with Gasteiger partial charge in [-0.1, -0.05) is 23.7 Å². The second-order valence-corrected chi connectivity index (χ2v) is 6.39. The Bertz CT molecular complexity index is 783. The van der Waals surface area contributed by atoms with E-state index < -0.39 is 23.4 Å². The molecule has 1 aromatic carbocycles. The second-order valence-electron chi connectivity index (χ2n) is 5.95. The molecule has 1 aliphatic rings. The number of nitrogens with zero attached hydrogens (tertiary/aromatic N) is 1. The third-order valence-electron chi connectivity index (χ3n) is 4.42. The molecule has 0 spiro atoms. The van der Waals surface area contributed by atoms with Gasteiger partial charge < -0.3 is 5.11 Å². The molecule has 3 rings (SSSR count). The summed E-state index contributed by atoms with van der Waals surface area (Å²) >= 11 is 5.70. The van der Waals surface area contributed by atoms with Crippen molar-refractivity contribution in [1.29, 1.82) is 0 Å². The highest BCUT2D eigenvalue weighted by molar-refractivity contribution is 6.30. The zero-order chi connectivity index (χ0) is 17.3. The number of pyridine rings is 1. The van der Waals surface area contributed by atoms with Crippen LogP contribution in [0, 0.1) is 5.82 Å². The van der Waals surface area contributed by atoms with Crippen molar-refractivity contribution in [3.63, 3.8) is 0 Å². The van der Waals surface area contributed by atoms with E-state index in [1.807, 2.05) is 0 Å². The highest BCUT2D eigenvalue weighted by Gasteiger charge is 2.45. The minimum Gasteiger partial charge on any atom is -0.387 e. The van der Waals surface area contributed by atoms with Gasteiger partial charge in [0.2, 0.25) is 0 Å². The van der Waals surface area contributed by atoms with Crippen LogP contribution in [0.15, 0.2) is 36.5 Å². The maximum absolute atomic E-state index is 15.4. The van der Waals surface area contributed by atoms with E-state index >= 15 is 4.39 Å². The molecule has 2 atom stereocenters. The molecule has 2 aromatic rings. The molecule has 0 fully saturated rings. The van der Waals surface area contributed by atoms with Gasteiger partial charge in [0.1, 0.15) is 5.82 Å². The SMILES string of the molecule is O=C(CCc1ccc(Cl)cc1F)[C@@]1(F)CC[C@@H](O)c2ncccc21. The molecule has 126 valence electrons. The van der Waals surface area contributed by atoms with E-state index in [-0.39, 0.29) is 42.0 Å². The number of fused-ring (bicyclic) bond motifs is 1. The van der Waals surface area contributed by atoms with E-state index in [4.69, 9.17) is 11.6 Å². The van der Waals surface area contributed by atoms with E-state index in [1.54, 1.807) is 0 Å². The quantitative estimate of drug-likeness (QED) is 0.903. The van der Waals surface area contributed by atoms with Crippen molar-refractivity contribution in [2.75, 3.05) is 0 Å². The number of aryl methyl sites for hydroxylation is 1. The zero-order valence-corrected chi connectivity index (χ0v) is 13.6. The van der Waals surface area contributed by atoms with Gasteiger partial charge in [-0.3, -0.25) is 9.78 Å². The Morgan fingerprint density at radius 1 is 1.42 bits per heavy atom. The standard InChI is InChI=1S/C18H16ClF2NO2/c19-12-5-3-11(14(20)10-12)4-6-16(24)18(21)8-7-15(23)17-13(18)2-1-9-22-17/h1-3,5,9-10,15,23H,4,6-8H2/t15-,18-/m1/s1. The first kappa shape index (κ1) is 17.0. The Labute approximate surface area is 143 Å². The molecule has 0 saturated heterocycles. The van der Waals surface area contributed by atoms with Crippen LogP contribution in [0.1, 0.15) is 42.2 Å². The monoisotopic (exact) mass is 351 g/mol. The lowest BCUT2D eigenvalue weighted by Gasteiger charge is -2.32. The number of halogens is 3. The van der Waals surface area contributed by atoms with Crippen LogP contribution in [-0.4, -0.2) is 15.9 Å². The smallest absolute Gasteiger partial charge is 0.195 e. The number of aromatic nitrogens is 1. The van der Waals surface area contributed by atoms with Crippen molar-refractivity contribution in [3.8, 4) is 0 Å². The maximum Gasteiger partial charge on any atom is 0.195 e. The lowest BCUT2D eigenvalue weighted by Crippen LogP contribution is -2.37. The predicted molar refractivity (Wildman–Crippen MR) is 86.0 cm³/mol. The van der Waals surface area contributed by atoms with Crippen LogP contribution >= 0.6 is 11.6 Å². The lowest BCUT2D eigenvalue weighted by molar-refractivity contribution is -0.133. The second kappa shape index (κ2) is 6.57. The minimum absolute atomic E-state index is 0.0889. The van der Waals surface area contributed by atoms with Crippen LogP contribution in [0.2, 0.25) is 5.02 Å². The van der Waals surface area contributed by atoms with Gasteiger partial charge in [-0.2, -0.15) is 0 Å². The molecule has 1 heterocycles. The highest BCUT2D eigenvalue weighted by Crippen LogP contribution is 2.43. The minimum atomic E-state index is -2.19. The fraction of sp³-hybridized carbons (Fsp3) is 0.333. The number of aliphatic hydroxyl groups excluding tert-OH is 1. The average Bonchev–Trinajstić information content (AvgIpc) is 2.57. The summed E-state index contributed by atoms with van der Waals surface area (Å²) in [5.41, 5.74) is -1.55. The Balaban J connectivity index is 1.81. The molecule has 3 nitrogen and oxygen atoms in total. The van der Waals surface area contributed by atoms with Crippen molar-refractivity contribution in [3.05, 3.63) is 64.2 Å². The number of hydrogen-bond donors (Lipinski definition) is 1. The summed E-state index contributed by atoms with van der Waals surface area (Å²) in [5, 5.41) is 10.2. The van der Waals surface area contributed by atoms with Crippen LogP contribution in [-0.2, 0) is 16.9 Å². The number of ketones is 1. The van der Waals surface area contributed by atoms with Gasteiger partial charge >= 0.3 is 0 Å². The lowest BCUT2D eigenvalue weighted by atomic mass is 9.77. The van der Waals surface area contributed by atoms with Gasteiger partial charge in [0.05, 0.1) is 11.8 Å². The van der Waals surface area contributed by atoms with Crippen LogP contribution in [0.4, 0.5) is 8.78 Å². The molecule has 0 unspecified atom stereocenters. The molecule has 1 aromatic heterocycles. The fourth-order valence-corrected chi connectivity index (χ4v) is 3.24. The van der Waals surface area contributed by atoms with E-state index in [9.17, 15) is 14.3 Å². The molecule has 1 aliphatic carbocycles. The van der Waals surface area contributed by atoms with Gasteiger partial charge in [0.25, 0.3) is 0 Å².